The summed E-state index contributed by atoms with van der Waals surface area (Å²) in [5.41, 5.74) is 3.18. The van der Waals surface area contributed by atoms with Crippen LogP contribution in [-0.4, -0.2) is 13.0 Å². The zero-order valence-electron chi connectivity index (χ0n) is 9.79. The average molecular weight is 203 g/mol. The third kappa shape index (κ3) is 1.14. The minimum atomic E-state index is -0.324. The summed E-state index contributed by atoms with van der Waals surface area (Å²) < 4.78 is 0. The molecule has 1 aromatic carbocycles. The molecule has 0 spiro atoms. The second kappa shape index (κ2) is 3.09. The number of carbonyl (C=O) groups is 1. The van der Waals surface area contributed by atoms with Crippen molar-refractivity contribution in [3.8, 4) is 0 Å². The molecule has 0 unspecified atom stereocenters. The van der Waals surface area contributed by atoms with Gasteiger partial charge in [0.25, 0.3) is 0 Å². The second-order valence-electron chi connectivity index (χ2n) is 4.52. The molecule has 0 saturated heterocycles. The van der Waals surface area contributed by atoms with Crippen LogP contribution in [0.4, 0.5) is 5.69 Å². The fourth-order valence-electron chi connectivity index (χ4n) is 2.56. The molecule has 2 nitrogen and oxygen atoms in total. The van der Waals surface area contributed by atoms with Crippen LogP contribution < -0.4 is 4.90 Å². The molecule has 1 heterocycles. The highest BCUT2D eigenvalue weighted by molar-refractivity contribution is 6.07. The number of likely N-dealkylation sites (N-methyl/N-ethyl adjacent to an activating group) is 1. The molecule has 80 valence electrons. The first-order chi connectivity index (χ1) is 7.02. The standard InChI is InChI=1S/C13H17NO/c1-5-13(3)11-9(2)7-6-8-10(11)14(4)12(13)15/h6-8H,5H2,1-4H3/t13-/m1/s1. The first-order valence-corrected chi connectivity index (χ1v) is 5.40. The van der Waals surface area contributed by atoms with E-state index in [2.05, 4.69) is 19.9 Å². The van der Waals surface area contributed by atoms with Gasteiger partial charge < -0.3 is 4.90 Å². The first-order valence-electron chi connectivity index (χ1n) is 5.40. The molecule has 1 aromatic rings. The topological polar surface area (TPSA) is 20.3 Å². The van der Waals surface area contributed by atoms with Gasteiger partial charge in [-0.05, 0) is 37.5 Å². The van der Waals surface area contributed by atoms with Crippen LogP contribution in [0.5, 0.6) is 0 Å². The number of aryl methyl sites for hydroxylation is 1. The zero-order valence-corrected chi connectivity index (χ0v) is 9.79. The lowest BCUT2D eigenvalue weighted by Gasteiger charge is -2.22. The predicted octanol–water partition coefficient (Wildman–Crippen LogP) is 2.64. The highest BCUT2D eigenvalue weighted by Gasteiger charge is 2.45. The van der Waals surface area contributed by atoms with E-state index in [1.54, 1.807) is 4.90 Å². The van der Waals surface area contributed by atoms with Crippen molar-refractivity contribution in [3.05, 3.63) is 29.3 Å². The summed E-state index contributed by atoms with van der Waals surface area (Å²) in [5, 5.41) is 0. The number of hydrogen-bond acceptors (Lipinski definition) is 1. The molecule has 1 aliphatic heterocycles. The molecule has 1 atom stereocenters. The Morgan fingerprint density at radius 2 is 2.07 bits per heavy atom. The van der Waals surface area contributed by atoms with E-state index in [9.17, 15) is 4.79 Å². The number of benzene rings is 1. The molecular formula is C13H17NO. The Kier molecular flexibility index (Phi) is 2.10. The number of rotatable bonds is 1. The second-order valence-corrected chi connectivity index (χ2v) is 4.52. The fraction of sp³-hybridized carbons (Fsp3) is 0.462. The number of hydrogen-bond donors (Lipinski definition) is 0. The van der Waals surface area contributed by atoms with Crippen LogP contribution in [0, 0.1) is 6.92 Å². The molecule has 0 aliphatic carbocycles. The van der Waals surface area contributed by atoms with Crippen molar-refractivity contribution in [2.24, 2.45) is 0 Å². The largest absolute Gasteiger partial charge is 0.314 e. The highest BCUT2D eigenvalue weighted by Crippen LogP contribution is 2.44. The third-order valence-electron chi connectivity index (χ3n) is 3.65. The van der Waals surface area contributed by atoms with E-state index < -0.39 is 0 Å². The molecule has 2 heteroatoms. The summed E-state index contributed by atoms with van der Waals surface area (Å²) in [6, 6.07) is 6.12. The van der Waals surface area contributed by atoms with E-state index >= 15 is 0 Å². The van der Waals surface area contributed by atoms with E-state index in [1.807, 2.05) is 26.1 Å². The number of carbonyl (C=O) groups excluding carboxylic acids is 1. The number of fused-ring (bicyclic) bond motifs is 1. The quantitative estimate of drug-likeness (QED) is 0.687. The fourth-order valence-corrected chi connectivity index (χ4v) is 2.56. The van der Waals surface area contributed by atoms with Crippen LogP contribution in [0.15, 0.2) is 18.2 Å². The summed E-state index contributed by atoms with van der Waals surface area (Å²) in [6.07, 6.45) is 0.855. The summed E-state index contributed by atoms with van der Waals surface area (Å²) >= 11 is 0. The van der Waals surface area contributed by atoms with Gasteiger partial charge in [0.05, 0.1) is 5.41 Å². The van der Waals surface area contributed by atoms with Gasteiger partial charge in [0.2, 0.25) is 5.91 Å². The molecular weight excluding hydrogens is 186 g/mol. The van der Waals surface area contributed by atoms with Crippen molar-refractivity contribution in [1.82, 2.24) is 0 Å². The van der Waals surface area contributed by atoms with Gasteiger partial charge in [-0.3, -0.25) is 4.79 Å². The van der Waals surface area contributed by atoms with Gasteiger partial charge in [-0.25, -0.2) is 0 Å². The number of nitrogens with zero attached hydrogens (tertiary/aromatic N) is 1. The Balaban J connectivity index is 2.73. The predicted molar refractivity (Wildman–Crippen MR) is 62.2 cm³/mol. The Labute approximate surface area is 90.9 Å². The molecule has 0 saturated carbocycles. The monoisotopic (exact) mass is 203 g/mol. The van der Waals surface area contributed by atoms with E-state index in [0.717, 1.165) is 12.1 Å². The highest BCUT2D eigenvalue weighted by atomic mass is 16.2. The van der Waals surface area contributed by atoms with E-state index in [0.29, 0.717) is 0 Å². The Hall–Kier alpha value is -1.31. The minimum absolute atomic E-state index is 0.217. The third-order valence-corrected chi connectivity index (χ3v) is 3.65. The summed E-state index contributed by atoms with van der Waals surface area (Å²) in [7, 11) is 1.86. The van der Waals surface area contributed by atoms with Crippen LogP contribution in [0.25, 0.3) is 0 Å². The van der Waals surface area contributed by atoms with Crippen molar-refractivity contribution in [2.45, 2.75) is 32.6 Å². The van der Waals surface area contributed by atoms with Crippen molar-refractivity contribution in [1.29, 1.82) is 0 Å². The molecule has 0 N–H and O–H groups in total. The van der Waals surface area contributed by atoms with Gasteiger partial charge in [-0.15, -0.1) is 0 Å². The smallest absolute Gasteiger partial charge is 0.237 e. The molecule has 1 aliphatic rings. The Morgan fingerprint density at radius 1 is 1.40 bits per heavy atom. The van der Waals surface area contributed by atoms with Crippen LogP contribution in [-0.2, 0) is 10.2 Å². The summed E-state index contributed by atoms with van der Waals surface area (Å²) in [6.45, 7) is 6.21. The van der Waals surface area contributed by atoms with E-state index in [1.165, 1.54) is 11.1 Å². The normalized spacial score (nSPS) is 24.5. The number of amides is 1. The minimum Gasteiger partial charge on any atom is -0.314 e. The van der Waals surface area contributed by atoms with Crippen LogP contribution >= 0.6 is 0 Å². The zero-order chi connectivity index (χ0) is 11.2. The molecule has 0 radical (unpaired) electrons. The van der Waals surface area contributed by atoms with E-state index in [-0.39, 0.29) is 11.3 Å². The maximum atomic E-state index is 12.2. The lowest BCUT2D eigenvalue weighted by atomic mass is 9.79. The SMILES string of the molecule is CC[C@@]1(C)C(=O)N(C)c2cccc(C)c21. The van der Waals surface area contributed by atoms with Crippen molar-refractivity contribution < 1.29 is 4.79 Å². The Morgan fingerprint density at radius 3 is 2.67 bits per heavy atom. The summed E-state index contributed by atoms with van der Waals surface area (Å²) in [4.78, 5) is 14.0. The first kappa shape index (κ1) is 10.2. The molecule has 0 aromatic heterocycles. The summed E-state index contributed by atoms with van der Waals surface area (Å²) in [5.74, 6) is 0.217. The molecule has 1 amide bonds. The molecule has 15 heavy (non-hydrogen) atoms. The van der Waals surface area contributed by atoms with Gasteiger partial charge >= 0.3 is 0 Å². The average Bonchev–Trinajstić information content (AvgIpc) is 2.43. The molecule has 0 fully saturated rings. The molecule has 2 rings (SSSR count). The van der Waals surface area contributed by atoms with Gasteiger partial charge in [-0.1, -0.05) is 19.1 Å². The lowest BCUT2D eigenvalue weighted by molar-refractivity contribution is -0.122. The van der Waals surface area contributed by atoms with Crippen LogP contribution in [0.3, 0.4) is 0 Å². The van der Waals surface area contributed by atoms with Crippen LogP contribution in [0.1, 0.15) is 31.4 Å². The van der Waals surface area contributed by atoms with E-state index in [4.69, 9.17) is 0 Å². The van der Waals surface area contributed by atoms with Crippen molar-refractivity contribution >= 4 is 11.6 Å². The van der Waals surface area contributed by atoms with Crippen LogP contribution in [0.2, 0.25) is 0 Å². The maximum Gasteiger partial charge on any atom is 0.237 e. The number of anilines is 1. The van der Waals surface area contributed by atoms with Gasteiger partial charge in [0, 0.05) is 12.7 Å². The van der Waals surface area contributed by atoms with Crippen molar-refractivity contribution in [2.75, 3.05) is 11.9 Å². The Bertz CT molecular complexity index is 425. The van der Waals surface area contributed by atoms with Gasteiger partial charge in [-0.2, -0.15) is 0 Å². The van der Waals surface area contributed by atoms with Gasteiger partial charge in [0.1, 0.15) is 0 Å². The van der Waals surface area contributed by atoms with Crippen molar-refractivity contribution in [3.63, 3.8) is 0 Å². The lowest BCUT2D eigenvalue weighted by Crippen LogP contribution is -2.35. The maximum absolute atomic E-state index is 12.2. The van der Waals surface area contributed by atoms with Gasteiger partial charge in [0.15, 0.2) is 0 Å². The molecule has 0 bridgehead atoms.